The first kappa shape index (κ1) is 21.8. The maximum atomic E-state index is 15.2. The van der Waals surface area contributed by atoms with Crippen molar-refractivity contribution in [2.75, 3.05) is 0 Å². The standard InChI is InChI=1S/C27H39FO2/c1-3-4-5-6-19-7-9-20(10-8-19)21-11-13-22(14-12-21)24-16-15-23-17-18(2)27(29)30-26(23)25(24)28/h15-16,18-22H,3-14,17H2,1-2H3. The van der Waals surface area contributed by atoms with E-state index in [-0.39, 0.29) is 29.4 Å². The number of hydrogen-bond donors (Lipinski definition) is 0. The number of carbonyl (C=O) groups is 1. The third-order valence-corrected chi connectivity index (χ3v) is 8.33. The number of fused-ring (bicyclic) bond motifs is 1. The zero-order valence-electron chi connectivity index (χ0n) is 18.9. The molecule has 1 unspecified atom stereocenters. The molecule has 3 aliphatic rings. The summed E-state index contributed by atoms with van der Waals surface area (Å²) in [6.07, 6.45) is 16.4. The molecule has 3 heteroatoms. The quantitative estimate of drug-likeness (QED) is 0.272. The van der Waals surface area contributed by atoms with Gasteiger partial charge in [-0.1, -0.05) is 64.5 Å². The molecule has 0 bridgehead atoms. The van der Waals surface area contributed by atoms with Gasteiger partial charge < -0.3 is 4.74 Å². The highest BCUT2D eigenvalue weighted by Gasteiger charge is 2.34. The molecular formula is C27H39FO2. The highest BCUT2D eigenvalue weighted by atomic mass is 19.1. The predicted octanol–water partition coefficient (Wildman–Crippen LogP) is 7.58. The summed E-state index contributed by atoms with van der Waals surface area (Å²) in [5.74, 6) is 2.42. The monoisotopic (exact) mass is 414 g/mol. The molecule has 2 nitrogen and oxygen atoms in total. The van der Waals surface area contributed by atoms with Crippen LogP contribution in [0.1, 0.15) is 108 Å². The number of rotatable bonds is 6. The Bertz CT molecular complexity index is 727. The Morgan fingerprint density at radius 3 is 2.30 bits per heavy atom. The van der Waals surface area contributed by atoms with Gasteiger partial charge in [0.05, 0.1) is 5.92 Å². The molecule has 0 aromatic heterocycles. The number of hydrogen-bond acceptors (Lipinski definition) is 2. The Morgan fingerprint density at radius 1 is 0.967 bits per heavy atom. The normalized spacial score (nSPS) is 31.8. The highest BCUT2D eigenvalue weighted by molar-refractivity contribution is 5.77. The molecule has 1 atom stereocenters. The van der Waals surface area contributed by atoms with E-state index >= 15 is 4.39 Å². The van der Waals surface area contributed by atoms with Gasteiger partial charge in [0.2, 0.25) is 0 Å². The van der Waals surface area contributed by atoms with Crippen LogP contribution in [0.3, 0.4) is 0 Å². The van der Waals surface area contributed by atoms with E-state index in [9.17, 15) is 4.79 Å². The van der Waals surface area contributed by atoms with Crippen LogP contribution < -0.4 is 4.74 Å². The van der Waals surface area contributed by atoms with E-state index in [1.54, 1.807) is 0 Å². The van der Waals surface area contributed by atoms with Crippen LogP contribution in [0.2, 0.25) is 0 Å². The van der Waals surface area contributed by atoms with Crippen molar-refractivity contribution in [1.29, 1.82) is 0 Å². The lowest BCUT2D eigenvalue weighted by atomic mass is 9.68. The van der Waals surface area contributed by atoms with Gasteiger partial charge in [-0.05, 0) is 79.7 Å². The Labute approximate surface area is 182 Å². The van der Waals surface area contributed by atoms with Gasteiger partial charge >= 0.3 is 5.97 Å². The summed E-state index contributed by atoms with van der Waals surface area (Å²) in [6.45, 7) is 4.13. The van der Waals surface area contributed by atoms with Crippen molar-refractivity contribution in [3.63, 3.8) is 0 Å². The van der Waals surface area contributed by atoms with E-state index in [1.165, 1.54) is 64.2 Å². The van der Waals surface area contributed by atoms with E-state index < -0.39 is 0 Å². The smallest absolute Gasteiger partial charge is 0.314 e. The largest absolute Gasteiger partial charge is 0.423 e. The lowest BCUT2D eigenvalue weighted by molar-refractivity contribution is -0.139. The van der Waals surface area contributed by atoms with Crippen LogP contribution in [-0.2, 0) is 11.2 Å². The summed E-state index contributed by atoms with van der Waals surface area (Å²) in [5.41, 5.74) is 1.61. The first-order chi connectivity index (χ1) is 14.6. The molecular weight excluding hydrogens is 375 g/mol. The zero-order valence-corrected chi connectivity index (χ0v) is 18.9. The van der Waals surface area contributed by atoms with Crippen molar-refractivity contribution < 1.29 is 13.9 Å². The fourth-order valence-electron chi connectivity index (χ4n) is 6.34. The fourth-order valence-corrected chi connectivity index (χ4v) is 6.34. The molecule has 2 fully saturated rings. The number of benzene rings is 1. The van der Waals surface area contributed by atoms with E-state index in [0.717, 1.165) is 41.7 Å². The van der Waals surface area contributed by atoms with Crippen LogP contribution in [0, 0.1) is 29.5 Å². The number of ether oxygens (including phenoxy) is 1. The van der Waals surface area contributed by atoms with Crippen molar-refractivity contribution in [3.8, 4) is 5.75 Å². The average Bonchev–Trinajstić information content (AvgIpc) is 2.76. The number of halogens is 1. The lowest BCUT2D eigenvalue weighted by Crippen LogP contribution is -2.27. The van der Waals surface area contributed by atoms with Crippen molar-refractivity contribution in [2.24, 2.45) is 23.7 Å². The maximum Gasteiger partial charge on any atom is 0.314 e. The van der Waals surface area contributed by atoms with Gasteiger partial charge in [-0.15, -0.1) is 0 Å². The van der Waals surface area contributed by atoms with Crippen molar-refractivity contribution in [1.82, 2.24) is 0 Å². The summed E-state index contributed by atoms with van der Waals surface area (Å²) in [7, 11) is 0. The van der Waals surface area contributed by atoms with E-state index in [4.69, 9.17) is 4.74 Å². The van der Waals surface area contributed by atoms with Crippen molar-refractivity contribution in [2.45, 2.75) is 103 Å². The molecule has 0 spiro atoms. The van der Waals surface area contributed by atoms with Crippen LogP contribution in [0.4, 0.5) is 4.39 Å². The van der Waals surface area contributed by atoms with Gasteiger partial charge in [0.15, 0.2) is 11.6 Å². The minimum absolute atomic E-state index is 0.181. The molecule has 166 valence electrons. The van der Waals surface area contributed by atoms with Gasteiger partial charge in [-0.25, -0.2) is 4.39 Å². The molecule has 1 aromatic rings. The molecule has 30 heavy (non-hydrogen) atoms. The van der Waals surface area contributed by atoms with Gasteiger partial charge in [-0.3, -0.25) is 4.79 Å². The Kier molecular flexibility index (Phi) is 7.16. The van der Waals surface area contributed by atoms with Crippen LogP contribution in [-0.4, -0.2) is 5.97 Å². The Morgan fingerprint density at radius 2 is 1.63 bits per heavy atom. The fraction of sp³-hybridized carbons (Fsp3) is 0.741. The number of unbranched alkanes of at least 4 members (excludes halogenated alkanes) is 2. The summed E-state index contributed by atoms with van der Waals surface area (Å²) in [4.78, 5) is 11.9. The SMILES string of the molecule is CCCCCC1CCC(C2CCC(c3ccc4c(c3F)OC(=O)C(C)C4)CC2)CC1. The molecule has 2 saturated carbocycles. The molecule has 1 aromatic carbocycles. The molecule has 0 saturated heterocycles. The molecule has 0 N–H and O–H groups in total. The minimum atomic E-state index is -0.299. The van der Waals surface area contributed by atoms with E-state index in [2.05, 4.69) is 6.92 Å². The third-order valence-electron chi connectivity index (χ3n) is 8.33. The zero-order chi connectivity index (χ0) is 21.1. The summed E-state index contributed by atoms with van der Waals surface area (Å²) >= 11 is 0. The average molecular weight is 415 g/mol. The second-order valence-electron chi connectivity index (χ2n) is 10.4. The van der Waals surface area contributed by atoms with E-state index in [0.29, 0.717) is 6.42 Å². The van der Waals surface area contributed by atoms with Crippen LogP contribution in [0.15, 0.2) is 12.1 Å². The Hall–Kier alpha value is -1.38. The molecule has 1 aliphatic heterocycles. The molecule has 0 amide bonds. The van der Waals surface area contributed by atoms with Crippen molar-refractivity contribution in [3.05, 3.63) is 29.1 Å². The number of carbonyl (C=O) groups excluding carboxylic acids is 1. The molecule has 1 heterocycles. The second kappa shape index (κ2) is 9.83. The Balaban J connectivity index is 1.30. The highest BCUT2D eigenvalue weighted by Crippen LogP contribution is 2.46. The van der Waals surface area contributed by atoms with Gasteiger partial charge in [0, 0.05) is 0 Å². The van der Waals surface area contributed by atoms with Gasteiger partial charge in [0.1, 0.15) is 0 Å². The summed E-state index contributed by atoms with van der Waals surface area (Å²) < 4.78 is 20.5. The maximum absolute atomic E-state index is 15.2. The second-order valence-corrected chi connectivity index (χ2v) is 10.4. The van der Waals surface area contributed by atoms with Crippen LogP contribution >= 0.6 is 0 Å². The third kappa shape index (κ3) is 4.75. The summed E-state index contributed by atoms with van der Waals surface area (Å²) in [5, 5.41) is 0. The summed E-state index contributed by atoms with van der Waals surface area (Å²) in [6, 6.07) is 3.95. The first-order valence-electron chi connectivity index (χ1n) is 12.6. The van der Waals surface area contributed by atoms with Gasteiger partial charge in [0.25, 0.3) is 0 Å². The van der Waals surface area contributed by atoms with E-state index in [1.807, 2.05) is 19.1 Å². The van der Waals surface area contributed by atoms with Gasteiger partial charge in [-0.2, -0.15) is 0 Å². The lowest BCUT2D eigenvalue weighted by Gasteiger charge is -2.38. The minimum Gasteiger partial charge on any atom is -0.423 e. The number of esters is 1. The topological polar surface area (TPSA) is 26.3 Å². The molecule has 2 aliphatic carbocycles. The van der Waals surface area contributed by atoms with Crippen LogP contribution in [0.5, 0.6) is 5.75 Å². The van der Waals surface area contributed by atoms with Crippen molar-refractivity contribution >= 4 is 5.97 Å². The predicted molar refractivity (Wildman–Crippen MR) is 119 cm³/mol. The molecule has 4 rings (SSSR count). The van der Waals surface area contributed by atoms with Crippen LogP contribution in [0.25, 0.3) is 0 Å². The molecule has 0 radical (unpaired) electrons. The first-order valence-corrected chi connectivity index (χ1v) is 12.6.